The highest BCUT2D eigenvalue weighted by molar-refractivity contribution is 5.95. The Morgan fingerprint density at radius 2 is 1.89 bits per heavy atom. The Labute approximate surface area is 201 Å². The number of hydrogen-bond donors (Lipinski definition) is 3. The van der Waals surface area contributed by atoms with Gasteiger partial charge in [-0.2, -0.15) is 5.26 Å². The van der Waals surface area contributed by atoms with E-state index < -0.39 is 11.2 Å². The van der Waals surface area contributed by atoms with Gasteiger partial charge < -0.3 is 25.4 Å². The van der Waals surface area contributed by atoms with Gasteiger partial charge in [-0.1, -0.05) is 24.3 Å². The number of benzene rings is 2. The molecule has 4 N–H and O–H groups in total. The zero-order valence-electron chi connectivity index (χ0n) is 19.0. The van der Waals surface area contributed by atoms with Crippen LogP contribution in [0.15, 0.2) is 48.8 Å². The molecule has 0 saturated carbocycles. The van der Waals surface area contributed by atoms with Crippen molar-refractivity contribution in [3.8, 4) is 29.4 Å². The number of nitrogens with two attached hydrogens (primary N) is 1. The molecule has 2 aliphatic heterocycles. The smallest absolute Gasteiger partial charge is 0.218 e. The molecule has 0 amide bonds. The van der Waals surface area contributed by atoms with E-state index in [2.05, 4.69) is 16.0 Å². The van der Waals surface area contributed by atoms with Crippen LogP contribution in [0.5, 0.6) is 17.6 Å². The first kappa shape index (κ1) is 21.3. The number of hydrogen-bond acceptors (Lipinski definition) is 8. The maximum absolute atomic E-state index is 11.5. The Morgan fingerprint density at radius 1 is 1.11 bits per heavy atom. The minimum atomic E-state index is -0.808. The van der Waals surface area contributed by atoms with Crippen molar-refractivity contribution in [1.29, 1.82) is 5.26 Å². The molecule has 2 aromatic heterocycles. The fourth-order valence-corrected chi connectivity index (χ4v) is 5.66. The molecule has 2 atom stereocenters. The van der Waals surface area contributed by atoms with Crippen LogP contribution in [0, 0.1) is 11.3 Å². The van der Waals surface area contributed by atoms with E-state index in [0.717, 1.165) is 10.8 Å². The van der Waals surface area contributed by atoms with Crippen LogP contribution in [0.1, 0.15) is 42.9 Å². The number of fused-ring (bicyclic) bond motifs is 6. The van der Waals surface area contributed by atoms with E-state index in [1.165, 1.54) is 10.9 Å². The maximum Gasteiger partial charge on any atom is 0.218 e. The Morgan fingerprint density at radius 3 is 2.66 bits per heavy atom. The molecule has 9 heteroatoms. The lowest BCUT2D eigenvalue weighted by Crippen LogP contribution is -2.25. The van der Waals surface area contributed by atoms with Crippen LogP contribution in [0.4, 0.5) is 5.82 Å². The van der Waals surface area contributed by atoms with Crippen molar-refractivity contribution < 1.29 is 19.7 Å². The number of aromatic hydroxyl groups is 2. The molecule has 0 aliphatic carbocycles. The van der Waals surface area contributed by atoms with Crippen LogP contribution in [-0.4, -0.2) is 31.4 Å². The SMILES string of the molecule is C[C@]12CC[C@](CCOc3cc(N)ncn3)(O1)c1c2c(O)n(-c2ccc(C#N)c3ccccc23)c1O. The van der Waals surface area contributed by atoms with Gasteiger partial charge in [-0.25, -0.2) is 9.97 Å². The molecule has 4 aromatic rings. The quantitative estimate of drug-likeness (QED) is 0.399. The summed E-state index contributed by atoms with van der Waals surface area (Å²) < 4.78 is 13.7. The second-order valence-corrected chi connectivity index (χ2v) is 9.23. The van der Waals surface area contributed by atoms with Gasteiger partial charge in [0.2, 0.25) is 17.6 Å². The number of nitriles is 1. The Hall–Kier alpha value is -4.29. The van der Waals surface area contributed by atoms with Gasteiger partial charge >= 0.3 is 0 Å². The molecule has 9 nitrogen and oxygen atoms in total. The molecule has 2 aliphatic rings. The highest BCUT2D eigenvalue weighted by atomic mass is 16.5. The van der Waals surface area contributed by atoms with Gasteiger partial charge in [-0.15, -0.1) is 0 Å². The zero-order chi connectivity index (χ0) is 24.4. The Balaban J connectivity index is 1.44. The number of nitrogen functional groups attached to an aromatic ring is 1. The molecule has 1 saturated heterocycles. The monoisotopic (exact) mass is 469 g/mol. The molecule has 6 rings (SSSR count). The average Bonchev–Trinajstić information content (AvgIpc) is 3.43. The van der Waals surface area contributed by atoms with Gasteiger partial charge in [-0.3, -0.25) is 4.57 Å². The molecule has 0 unspecified atom stereocenters. The molecule has 0 radical (unpaired) electrons. The lowest BCUT2D eigenvalue weighted by Gasteiger charge is -2.26. The summed E-state index contributed by atoms with van der Waals surface area (Å²) in [4.78, 5) is 7.94. The third-order valence-corrected chi connectivity index (χ3v) is 7.21. The van der Waals surface area contributed by atoms with Crippen LogP contribution in [0.25, 0.3) is 16.5 Å². The molecule has 0 spiro atoms. The fourth-order valence-electron chi connectivity index (χ4n) is 5.66. The molecular formula is C26H23N5O4. The van der Waals surface area contributed by atoms with Crippen molar-refractivity contribution >= 4 is 16.6 Å². The van der Waals surface area contributed by atoms with E-state index >= 15 is 0 Å². The first-order chi connectivity index (χ1) is 16.9. The number of anilines is 1. The summed E-state index contributed by atoms with van der Waals surface area (Å²) in [5, 5.41) is 33.9. The molecule has 2 aromatic carbocycles. The second-order valence-electron chi connectivity index (χ2n) is 9.23. The van der Waals surface area contributed by atoms with E-state index in [0.29, 0.717) is 53.3 Å². The van der Waals surface area contributed by atoms with Crippen molar-refractivity contribution in [2.45, 2.75) is 37.4 Å². The first-order valence-corrected chi connectivity index (χ1v) is 11.4. The molecule has 2 bridgehead atoms. The lowest BCUT2D eigenvalue weighted by molar-refractivity contribution is -0.0877. The number of ether oxygens (including phenoxy) is 2. The van der Waals surface area contributed by atoms with E-state index in [1.54, 1.807) is 18.2 Å². The minimum Gasteiger partial charge on any atom is -0.494 e. The van der Waals surface area contributed by atoms with E-state index in [9.17, 15) is 15.5 Å². The fraction of sp³-hybridized carbons (Fsp3) is 0.269. The van der Waals surface area contributed by atoms with Crippen LogP contribution >= 0.6 is 0 Å². The minimum absolute atomic E-state index is 0.0547. The Bertz CT molecular complexity index is 1540. The third kappa shape index (κ3) is 2.97. The molecule has 35 heavy (non-hydrogen) atoms. The van der Waals surface area contributed by atoms with Gasteiger partial charge in [0.05, 0.1) is 40.7 Å². The van der Waals surface area contributed by atoms with Gasteiger partial charge in [0.25, 0.3) is 0 Å². The number of aromatic nitrogens is 3. The highest BCUT2D eigenvalue weighted by Gasteiger charge is 2.61. The summed E-state index contributed by atoms with van der Waals surface area (Å²) in [7, 11) is 0. The lowest BCUT2D eigenvalue weighted by atomic mass is 9.78. The number of nitrogens with zero attached hydrogens (tertiary/aromatic N) is 4. The van der Waals surface area contributed by atoms with Crippen LogP contribution in [0.3, 0.4) is 0 Å². The van der Waals surface area contributed by atoms with Gasteiger partial charge in [0.15, 0.2) is 0 Å². The van der Waals surface area contributed by atoms with Crippen molar-refractivity contribution in [3.05, 3.63) is 65.5 Å². The first-order valence-electron chi connectivity index (χ1n) is 11.4. The average molecular weight is 470 g/mol. The zero-order valence-corrected chi connectivity index (χ0v) is 19.0. The van der Waals surface area contributed by atoms with Gasteiger partial charge in [0, 0.05) is 23.3 Å². The van der Waals surface area contributed by atoms with E-state index in [4.69, 9.17) is 15.2 Å². The second kappa shape index (κ2) is 7.35. The normalized spacial score (nSPS) is 22.3. The maximum atomic E-state index is 11.5. The van der Waals surface area contributed by atoms with Crippen LogP contribution < -0.4 is 10.5 Å². The van der Waals surface area contributed by atoms with Crippen molar-refractivity contribution in [2.24, 2.45) is 0 Å². The predicted octanol–water partition coefficient (Wildman–Crippen LogP) is 3.99. The predicted molar refractivity (Wildman–Crippen MR) is 127 cm³/mol. The highest BCUT2D eigenvalue weighted by Crippen LogP contribution is 2.65. The van der Waals surface area contributed by atoms with Crippen molar-refractivity contribution in [1.82, 2.24) is 14.5 Å². The van der Waals surface area contributed by atoms with Gasteiger partial charge in [-0.05, 0) is 31.9 Å². The largest absolute Gasteiger partial charge is 0.494 e. The summed E-state index contributed by atoms with van der Waals surface area (Å²) in [5.74, 6) is 0.555. The molecule has 4 heterocycles. The summed E-state index contributed by atoms with van der Waals surface area (Å²) in [6.07, 6.45) is 3.17. The van der Waals surface area contributed by atoms with Crippen molar-refractivity contribution in [3.63, 3.8) is 0 Å². The number of rotatable bonds is 5. The summed E-state index contributed by atoms with van der Waals surface area (Å²) in [5.41, 5.74) is 6.47. The van der Waals surface area contributed by atoms with E-state index in [1.807, 2.05) is 31.2 Å². The molecule has 176 valence electrons. The summed E-state index contributed by atoms with van der Waals surface area (Å²) in [6, 6.07) is 14.7. The molecular weight excluding hydrogens is 446 g/mol. The van der Waals surface area contributed by atoms with Crippen molar-refractivity contribution in [2.75, 3.05) is 12.3 Å². The van der Waals surface area contributed by atoms with Gasteiger partial charge in [0.1, 0.15) is 17.7 Å². The topological polar surface area (TPSA) is 139 Å². The Kier molecular flexibility index (Phi) is 4.47. The summed E-state index contributed by atoms with van der Waals surface area (Å²) >= 11 is 0. The van der Waals surface area contributed by atoms with E-state index in [-0.39, 0.29) is 18.4 Å². The molecule has 1 fully saturated rings. The standard InChI is InChI=1S/C26H23N5O4/c1-25-8-9-26(35-25,10-11-34-20-12-19(28)29-14-30-20)22-21(25)23(32)31(24(22)33)18-7-6-15(13-27)16-4-2-3-5-17(16)18/h2-7,12,14,32-33H,8-11H2,1H3,(H2,28,29,30)/t25-,26-/m1/s1. The van der Waals surface area contributed by atoms with Crippen LogP contribution in [-0.2, 0) is 15.9 Å². The van der Waals surface area contributed by atoms with Crippen LogP contribution in [0.2, 0.25) is 0 Å². The summed E-state index contributed by atoms with van der Waals surface area (Å²) in [6.45, 7) is 2.21. The third-order valence-electron chi connectivity index (χ3n) is 7.21.